The van der Waals surface area contributed by atoms with Crippen LogP contribution in [0.15, 0.2) is 49.1 Å². The Bertz CT molecular complexity index is 962. The van der Waals surface area contributed by atoms with Crippen LogP contribution in [0.1, 0.15) is 48.6 Å². The second-order valence-electron chi connectivity index (χ2n) is 6.56. The molecule has 0 fully saturated rings. The monoisotopic (exact) mass is 346 g/mol. The number of nitrogens with one attached hydrogen (secondary N) is 1. The van der Waals surface area contributed by atoms with Crippen LogP contribution in [0.5, 0.6) is 0 Å². The van der Waals surface area contributed by atoms with Crippen molar-refractivity contribution in [1.29, 1.82) is 0 Å². The minimum atomic E-state index is -0.392. The van der Waals surface area contributed by atoms with Crippen LogP contribution in [0.3, 0.4) is 0 Å². The van der Waals surface area contributed by atoms with Crippen LogP contribution in [-0.2, 0) is 12.8 Å². The summed E-state index contributed by atoms with van der Waals surface area (Å²) in [5.74, 6) is -1.04. The fourth-order valence-corrected chi connectivity index (χ4v) is 3.58. The zero-order chi connectivity index (χ0) is 18.3. The second kappa shape index (κ2) is 6.26. The van der Waals surface area contributed by atoms with E-state index in [1.807, 2.05) is 12.1 Å². The minimum absolute atomic E-state index is 0.156. The lowest BCUT2D eigenvalue weighted by Gasteiger charge is -2.09. The molecule has 1 aliphatic carbocycles. The molecule has 0 bridgehead atoms. The zero-order valence-electron chi connectivity index (χ0n) is 14.2. The average molecular weight is 346 g/mol. The highest BCUT2D eigenvalue weighted by Crippen LogP contribution is 2.26. The highest BCUT2D eigenvalue weighted by Gasteiger charge is 2.35. The first kappa shape index (κ1) is 16.3. The Hall–Kier alpha value is -3.21. The van der Waals surface area contributed by atoms with E-state index in [0.29, 0.717) is 11.1 Å². The number of aryl methyl sites for hydroxylation is 2. The molecule has 0 saturated heterocycles. The van der Waals surface area contributed by atoms with E-state index in [0.717, 1.165) is 29.8 Å². The number of rotatable bonds is 4. The van der Waals surface area contributed by atoms with Gasteiger partial charge in [0.25, 0.3) is 17.7 Å². The smallest absolute Gasteiger partial charge is 0.261 e. The number of anilines is 1. The Balaban J connectivity index is 1.58. The van der Waals surface area contributed by atoms with Gasteiger partial charge in [0.2, 0.25) is 0 Å². The van der Waals surface area contributed by atoms with Crippen LogP contribution in [0, 0.1) is 0 Å². The third kappa shape index (κ3) is 2.62. The van der Waals surface area contributed by atoms with Gasteiger partial charge in [0.05, 0.1) is 11.1 Å². The molecule has 1 N–H and O–H groups in total. The molecule has 0 aromatic heterocycles. The van der Waals surface area contributed by atoms with Gasteiger partial charge in [-0.1, -0.05) is 12.1 Å². The van der Waals surface area contributed by atoms with Crippen molar-refractivity contribution < 1.29 is 14.4 Å². The third-order valence-corrected chi connectivity index (χ3v) is 4.90. The van der Waals surface area contributed by atoms with Gasteiger partial charge in [-0.2, -0.15) is 0 Å². The maximum Gasteiger partial charge on any atom is 0.261 e. The quantitative estimate of drug-likeness (QED) is 0.683. The van der Waals surface area contributed by atoms with Gasteiger partial charge >= 0.3 is 0 Å². The van der Waals surface area contributed by atoms with E-state index in [-0.39, 0.29) is 23.9 Å². The largest absolute Gasteiger partial charge is 0.322 e. The highest BCUT2D eigenvalue weighted by atomic mass is 16.2. The van der Waals surface area contributed by atoms with Crippen molar-refractivity contribution in [3.63, 3.8) is 0 Å². The third-order valence-electron chi connectivity index (χ3n) is 4.90. The fourth-order valence-electron chi connectivity index (χ4n) is 3.58. The predicted molar refractivity (Wildman–Crippen MR) is 98.4 cm³/mol. The number of amides is 3. The van der Waals surface area contributed by atoms with Gasteiger partial charge in [-0.15, -0.1) is 6.58 Å². The van der Waals surface area contributed by atoms with E-state index in [2.05, 4.69) is 18.0 Å². The molecule has 1 heterocycles. The van der Waals surface area contributed by atoms with E-state index in [1.165, 1.54) is 29.3 Å². The van der Waals surface area contributed by atoms with Crippen LogP contribution in [0.25, 0.3) is 0 Å². The van der Waals surface area contributed by atoms with Gasteiger partial charge < -0.3 is 5.32 Å². The van der Waals surface area contributed by atoms with Gasteiger partial charge in [-0.3, -0.25) is 19.3 Å². The van der Waals surface area contributed by atoms with Crippen molar-refractivity contribution in [1.82, 2.24) is 4.90 Å². The molecule has 0 radical (unpaired) electrons. The summed E-state index contributed by atoms with van der Waals surface area (Å²) in [6.45, 7) is 3.72. The molecule has 130 valence electrons. The fraction of sp³-hybridized carbons (Fsp3) is 0.190. The summed E-state index contributed by atoms with van der Waals surface area (Å²) >= 11 is 0. The summed E-state index contributed by atoms with van der Waals surface area (Å²) in [5, 5.41) is 2.88. The summed E-state index contributed by atoms with van der Waals surface area (Å²) in [4.78, 5) is 38.3. The van der Waals surface area contributed by atoms with Gasteiger partial charge in [-0.25, -0.2) is 0 Å². The average Bonchev–Trinajstić information content (AvgIpc) is 3.20. The standard InChI is InChI=1S/C21H18N2O3/c1-2-10-23-20(25)17-9-7-15(12-18(17)21(23)26)19(24)22-16-8-6-13-4-3-5-14(13)11-16/h2,6-9,11-12H,1,3-5,10H2,(H,22,24). The summed E-state index contributed by atoms with van der Waals surface area (Å²) < 4.78 is 0. The number of hydrogen-bond donors (Lipinski definition) is 1. The number of imide groups is 1. The Morgan fingerprint density at radius 3 is 2.62 bits per heavy atom. The maximum absolute atomic E-state index is 12.6. The lowest BCUT2D eigenvalue weighted by Crippen LogP contribution is -2.29. The van der Waals surface area contributed by atoms with E-state index >= 15 is 0 Å². The molecule has 4 rings (SSSR count). The topological polar surface area (TPSA) is 66.5 Å². The van der Waals surface area contributed by atoms with Crippen LogP contribution >= 0.6 is 0 Å². The van der Waals surface area contributed by atoms with Gasteiger partial charge in [0, 0.05) is 17.8 Å². The van der Waals surface area contributed by atoms with E-state index < -0.39 is 5.91 Å². The number of fused-ring (bicyclic) bond motifs is 2. The van der Waals surface area contributed by atoms with Crippen LogP contribution in [0.4, 0.5) is 5.69 Å². The molecule has 2 aromatic carbocycles. The second-order valence-corrected chi connectivity index (χ2v) is 6.56. The minimum Gasteiger partial charge on any atom is -0.322 e. The number of nitrogens with zero attached hydrogens (tertiary/aromatic N) is 1. The van der Waals surface area contributed by atoms with E-state index in [9.17, 15) is 14.4 Å². The Morgan fingerprint density at radius 2 is 1.81 bits per heavy atom. The first-order valence-corrected chi connectivity index (χ1v) is 8.63. The molecule has 26 heavy (non-hydrogen) atoms. The lowest BCUT2D eigenvalue weighted by atomic mass is 10.0. The SMILES string of the molecule is C=CCN1C(=O)c2ccc(C(=O)Nc3ccc4c(c3)CCC4)cc2C1=O. The number of carbonyl (C=O) groups is 3. The summed E-state index contributed by atoms with van der Waals surface area (Å²) in [6, 6.07) is 10.6. The van der Waals surface area contributed by atoms with Crippen molar-refractivity contribution in [2.75, 3.05) is 11.9 Å². The molecule has 2 aliphatic rings. The number of benzene rings is 2. The van der Waals surface area contributed by atoms with Crippen LogP contribution in [0.2, 0.25) is 0 Å². The summed E-state index contributed by atoms with van der Waals surface area (Å²) in [7, 11) is 0. The molecule has 0 unspecified atom stereocenters. The Labute approximate surface area is 151 Å². The number of hydrogen-bond acceptors (Lipinski definition) is 3. The van der Waals surface area contributed by atoms with Crippen LogP contribution < -0.4 is 5.32 Å². The van der Waals surface area contributed by atoms with Crippen molar-refractivity contribution in [2.45, 2.75) is 19.3 Å². The highest BCUT2D eigenvalue weighted by molar-refractivity contribution is 6.22. The summed E-state index contributed by atoms with van der Waals surface area (Å²) in [6.07, 6.45) is 4.78. The van der Waals surface area contributed by atoms with Crippen molar-refractivity contribution in [2.24, 2.45) is 0 Å². The van der Waals surface area contributed by atoms with Crippen LogP contribution in [-0.4, -0.2) is 29.2 Å². The van der Waals surface area contributed by atoms with Crippen molar-refractivity contribution >= 4 is 23.4 Å². The zero-order valence-corrected chi connectivity index (χ0v) is 14.2. The molecule has 0 atom stereocenters. The molecule has 3 amide bonds. The first-order valence-electron chi connectivity index (χ1n) is 8.63. The Kier molecular flexibility index (Phi) is 3.92. The molecule has 5 nitrogen and oxygen atoms in total. The maximum atomic E-state index is 12.6. The molecule has 0 spiro atoms. The van der Waals surface area contributed by atoms with E-state index in [4.69, 9.17) is 0 Å². The number of carbonyl (C=O) groups excluding carboxylic acids is 3. The lowest BCUT2D eigenvalue weighted by molar-refractivity contribution is 0.0672. The first-order chi connectivity index (χ1) is 12.6. The Morgan fingerprint density at radius 1 is 1.04 bits per heavy atom. The van der Waals surface area contributed by atoms with Crippen molar-refractivity contribution in [3.05, 3.63) is 76.9 Å². The molecule has 0 saturated carbocycles. The summed E-state index contributed by atoms with van der Waals surface area (Å²) in [5.41, 5.74) is 4.30. The predicted octanol–water partition coefficient (Wildman–Crippen LogP) is 3.21. The van der Waals surface area contributed by atoms with Gasteiger partial charge in [-0.05, 0) is 60.7 Å². The molecular formula is C21H18N2O3. The molecule has 2 aromatic rings. The van der Waals surface area contributed by atoms with Gasteiger partial charge in [0.15, 0.2) is 0 Å². The van der Waals surface area contributed by atoms with Crippen molar-refractivity contribution in [3.8, 4) is 0 Å². The molecular weight excluding hydrogens is 328 g/mol. The normalized spacial score (nSPS) is 15.0. The van der Waals surface area contributed by atoms with Gasteiger partial charge in [0.1, 0.15) is 0 Å². The molecule has 5 heteroatoms. The van der Waals surface area contributed by atoms with E-state index in [1.54, 1.807) is 6.07 Å². The molecule has 1 aliphatic heterocycles.